The number of halogens is 1. The number of hydrogen-bond acceptors (Lipinski definition) is 2. The molecule has 21 heavy (non-hydrogen) atoms. The van der Waals surface area contributed by atoms with Crippen LogP contribution < -0.4 is 4.74 Å². The molecule has 1 aromatic carbocycles. The smallest absolute Gasteiger partial charge is 0.223 e. The van der Waals surface area contributed by atoms with Crippen LogP contribution >= 0.6 is 11.6 Å². The molecule has 0 N–H and O–H groups in total. The minimum absolute atomic E-state index is 0.280. The molecule has 1 aliphatic heterocycles. The SMILES string of the molecule is COc1ccc(CCC(=O)N2CCCC2CCCCl)cc1. The summed E-state index contributed by atoms with van der Waals surface area (Å²) >= 11 is 5.76. The Morgan fingerprint density at radius 1 is 1.38 bits per heavy atom. The zero-order valence-electron chi connectivity index (χ0n) is 12.7. The monoisotopic (exact) mass is 309 g/mol. The normalized spacial score (nSPS) is 18.0. The average molecular weight is 310 g/mol. The third kappa shape index (κ3) is 4.63. The summed E-state index contributed by atoms with van der Waals surface area (Å²) in [5.74, 6) is 1.82. The number of benzene rings is 1. The van der Waals surface area contributed by atoms with Crippen LogP contribution in [-0.2, 0) is 11.2 Å². The number of rotatable bonds is 7. The molecule has 3 nitrogen and oxygen atoms in total. The Balaban J connectivity index is 1.82. The highest BCUT2D eigenvalue weighted by molar-refractivity contribution is 6.17. The molecule has 1 saturated heterocycles. The lowest BCUT2D eigenvalue weighted by Gasteiger charge is -2.24. The van der Waals surface area contributed by atoms with Gasteiger partial charge in [0.2, 0.25) is 5.91 Å². The molecule has 0 aromatic heterocycles. The summed E-state index contributed by atoms with van der Waals surface area (Å²) in [6, 6.07) is 8.35. The molecule has 1 aromatic rings. The van der Waals surface area contributed by atoms with Crippen molar-refractivity contribution in [1.29, 1.82) is 0 Å². The Bertz CT molecular complexity index is 447. The van der Waals surface area contributed by atoms with Gasteiger partial charge in [0.1, 0.15) is 5.75 Å². The number of carbonyl (C=O) groups is 1. The van der Waals surface area contributed by atoms with Crippen molar-refractivity contribution in [2.45, 2.75) is 44.6 Å². The summed E-state index contributed by atoms with van der Waals surface area (Å²) in [5.41, 5.74) is 1.18. The van der Waals surface area contributed by atoms with Crippen molar-refractivity contribution in [3.05, 3.63) is 29.8 Å². The summed E-state index contributed by atoms with van der Waals surface area (Å²) < 4.78 is 5.14. The third-order valence-electron chi connectivity index (χ3n) is 4.16. The van der Waals surface area contributed by atoms with Crippen LogP contribution in [0.5, 0.6) is 5.75 Å². The van der Waals surface area contributed by atoms with Crippen LogP contribution in [0.25, 0.3) is 0 Å². The predicted molar refractivity (Wildman–Crippen MR) is 86.0 cm³/mol. The van der Waals surface area contributed by atoms with E-state index in [-0.39, 0.29) is 5.91 Å². The van der Waals surface area contributed by atoms with E-state index in [1.807, 2.05) is 24.3 Å². The maximum absolute atomic E-state index is 12.4. The Kier molecular flexibility index (Phi) is 6.37. The number of likely N-dealkylation sites (tertiary alicyclic amines) is 1. The summed E-state index contributed by atoms with van der Waals surface area (Å²) in [7, 11) is 1.66. The Morgan fingerprint density at radius 3 is 2.81 bits per heavy atom. The molecule has 1 unspecified atom stereocenters. The molecule has 0 aliphatic carbocycles. The number of alkyl halides is 1. The molecule has 0 spiro atoms. The van der Waals surface area contributed by atoms with Gasteiger partial charge in [-0.15, -0.1) is 11.6 Å². The largest absolute Gasteiger partial charge is 0.497 e. The number of methoxy groups -OCH3 is 1. The Labute approximate surface area is 132 Å². The van der Waals surface area contributed by atoms with Gasteiger partial charge in [0, 0.05) is 24.9 Å². The van der Waals surface area contributed by atoms with Gasteiger partial charge < -0.3 is 9.64 Å². The fourth-order valence-corrected chi connectivity index (χ4v) is 3.12. The summed E-state index contributed by atoms with van der Waals surface area (Å²) in [6.45, 7) is 0.911. The summed E-state index contributed by atoms with van der Waals surface area (Å²) in [6.07, 6.45) is 5.67. The van der Waals surface area contributed by atoms with Crippen molar-refractivity contribution in [2.75, 3.05) is 19.5 Å². The third-order valence-corrected chi connectivity index (χ3v) is 4.42. The van der Waals surface area contributed by atoms with E-state index in [1.54, 1.807) is 7.11 Å². The predicted octanol–water partition coefficient (Wildman–Crippen LogP) is 3.64. The van der Waals surface area contributed by atoms with E-state index in [4.69, 9.17) is 16.3 Å². The van der Waals surface area contributed by atoms with Gasteiger partial charge in [-0.3, -0.25) is 4.79 Å². The van der Waals surface area contributed by atoms with Crippen molar-refractivity contribution in [1.82, 2.24) is 4.90 Å². The number of ether oxygens (including phenoxy) is 1. The second kappa shape index (κ2) is 8.28. The molecule has 0 saturated carbocycles. The fourth-order valence-electron chi connectivity index (χ4n) is 2.96. The molecular formula is C17H24ClNO2. The van der Waals surface area contributed by atoms with E-state index in [1.165, 1.54) is 5.56 Å². The van der Waals surface area contributed by atoms with E-state index < -0.39 is 0 Å². The first-order chi connectivity index (χ1) is 10.2. The van der Waals surface area contributed by atoms with Crippen molar-refractivity contribution in [2.24, 2.45) is 0 Å². The number of hydrogen-bond donors (Lipinski definition) is 0. The van der Waals surface area contributed by atoms with Gasteiger partial charge >= 0.3 is 0 Å². The standard InChI is InChI=1S/C17H24ClNO2/c1-21-16-9-6-14(7-10-16)8-11-17(20)19-13-3-5-15(19)4-2-12-18/h6-7,9-10,15H,2-5,8,11-13H2,1H3. The second-order valence-corrected chi connectivity index (χ2v) is 5.94. The zero-order valence-corrected chi connectivity index (χ0v) is 13.4. The molecule has 116 valence electrons. The second-order valence-electron chi connectivity index (χ2n) is 5.56. The van der Waals surface area contributed by atoms with Crippen molar-refractivity contribution in [3.63, 3.8) is 0 Å². The summed E-state index contributed by atoms with van der Waals surface area (Å²) in [5, 5.41) is 0. The minimum Gasteiger partial charge on any atom is -0.497 e. The van der Waals surface area contributed by atoms with Crippen LogP contribution in [0.1, 0.15) is 37.7 Å². The van der Waals surface area contributed by atoms with E-state index in [0.717, 1.165) is 44.4 Å². The lowest BCUT2D eigenvalue weighted by molar-refractivity contribution is -0.132. The molecule has 1 atom stereocenters. The van der Waals surface area contributed by atoms with E-state index in [0.29, 0.717) is 18.3 Å². The Hall–Kier alpha value is -1.22. The van der Waals surface area contributed by atoms with Gasteiger partial charge in [-0.1, -0.05) is 12.1 Å². The summed E-state index contributed by atoms with van der Waals surface area (Å²) in [4.78, 5) is 14.4. The molecule has 1 heterocycles. The van der Waals surface area contributed by atoms with E-state index >= 15 is 0 Å². The minimum atomic E-state index is 0.280. The highest BCUT2D eigenvalue weighted by Gasteiger charge is 2.27. The average Bonchev–Trinajstić information content (AvgIpc) is 2.99. The van der Waals surface area contributed by atoms with Crippen molar-refractivity contribution >= 4 is 17.5 Å². The lowest BCUT2D eigenvalue weighted by atomic mass is 10.1. The Morgan fingerprint density at radius 2 is 2.14 bits per heavy atom. The van der Waals surface area contributed by atoms with Gasteiger partial charge in [-0.2, -0.15) is 0 Å². The zero-order chi connectivity index (χ0) is 15.1. The molecule has 0 radical (unpaired) electrons. The van der Waals surface area contributed by atoms with Gasteiger partial charge in [0.05, 0.1) is 7.11 Å². The van der Waals surface area contributed by atoms with Crippen LogP contribution in [0.2, 0.25) is 0 Å². The van der Waals surface area contributed by atoms with Crippen LogP contribution in [0.4, 0.5) is 0 Å². The number of amides is 1. The fraction of sp³-hybridized carbons (Fsp3) is 0.588. The maximum atomic E-state index is 12.4. The first-order valence-corrected chi connectivity index (χ1v) is 8.26. The van der Waals surface area contributed by atoms with Gasteiger partial charge in [-0.25, -0.2) is 0 Å². The molecular weight excluding hydrogens is 286 g/mol. The van der Waals surface area contributed by atoms with Crippen LogP contribution in [-0.4, -0.2) is 36.4 Å². The van der Waals surface area contributed by atoms with Gasteiger partial charge in [-0.05, 0) is 49.8 Å². The molecule has 1 amide bonds. The first-order valence-electron chi connectivity index (χ1n) is 7.73. The van der Waals surface area contributed by atoms with Crippen LogP contribution in [0.3, 0.4) is 0 Å². The van der Waals surface area contributed by atoms with Crippen molar-refractivity contribution in [3.8, 4) is 5.75 Å². The molecule has 4 heteroatoms. The maximum Gasteiger partial charge on any atom is 0.223 e. The number of aryl methyl sites for hydroxylation is 1. The van der Waals surface area contributed by atoms with E-state index in [2.05, 4.69) is 4.90 Å². The quantitative estimate of drug-likeness (QED) is 0.720. The molecule has 1 fully saturated rings. The first kappa shape index (κ1) is 16.2. The lowest BCUT2D eigenvalue weighted by Crippen LogP contribution is -2.35. The van der Waals surface area contributed by atoms with Crippen LogP contribution in [0, 0.1) is 0 Å². The highest BCUT2D eigenvalue weighted by atomic mass is 35.5. The number of nitrogens with zero attached hydrogens (tertiary/aromatic N) is 1. The molecule has 1 aliphatic rings. The molecule has 2 rings (SSSR count). The molecule has 0 bridgehead atoms. The van der Waals surface area contributed by atoms with Crippen molar-refractivity contribution < 1.29 is 9.53 Å². The number of carbonyl (C=O) groups excluding carboxylic acids is 1. The van der Waals surface area contributed by atoms with E-state index in [9.17, 15) is 4.79 Å². The van der Waals surface area contributed by atoms with Gasteiger partial charge in [0.15, 0.2) is 0 Å². The topological polar surface area (TPSA) is 29.5 Å². The van der Waals surface area contributed by atoms with Crippen LogP contribution in [0.15, 0.2) is 24.3 Å². The highest BCUT2D eigenvalue weighted by Crippen LogP contribution is 2.23. The van der Waals surface area contributed by atoms with Gasteiger partial charge in [0.25, 0.3) is 0 Å².